The van der Waals surface area contributed by atoms with Gasteiger partial charge in [-0.1, -0.05) is 30.7 Å². The van der Waals surface area contributed by atoms with E-state index in [1.807, 2.05) is 31.0 Å². The third kappa shape index (κ3) is 5.48. The molecule has 0 bridgehead atoms. The summed E-state index contributed by atoms with van der Waals surface area (Å²) in [6.07, 6.45) is 3.49. The summed E-state index contributed by atoms with van der Waals surface area (Å²) >= 11 is 0. The number of hydrogen-bond acceptors (Lipinski definition) is 3. The molecule has 0 saturated carbocycles. The van der Waals surface area contributed by atoms with Crippen molar-refractivity contribution in [2.45, 2.75) is 51.7 Å². The quantitative estimate of drug-likeness (QED) is 0.897. The molecule has 2 N–H and O–H groups in total. The summed E-state index contributed by atoms with van der Waals surface area (Å²) in [6, 6.07) is 8.69. The molecule has 2 rings (SSSR count). The Labute approximate surface area is 146 Å². The Morgan fingerprint density at radius 3 is 2.74 bits per heavy atom. The van der Waals surface area contributed by atoms with E-state index in [1.165, 1.54) is 17.5 Å². The van der Waals surface area contributed by atoms with Gasteiger partial charge in [0.05, 0.1) is 6.54 Å². The number of likely N-dealkylation sites (tertiary alicyclic amines) is 1. The summed E-state index contributed by atoms with van der Waals surface area (Å²) in [4.78, 5) is 16.6. The van der Waals surface area contributed by atoms with Gasteiger partial charge in [0, 0.05) is 25.7 Å². The number of aryl methyl sites for hydroxylation is 1. The van der Waals surface area contributed by atoms with E-state index in [4.69, 9.17) is 5.73 Å². The lowest BCUT2D eigenvalue weighted by Gasteiger charge is -2.38. The second-order valence-electron chi connectivity index (χ2n) is 6.57. The molecule has 4 nitrogen and oxygen atoms in total. The van der Waals surface area contributed by atoms with E-state index >= 15 is 0 Å². The number of amides is 1. The van der Waals surface area contributed by atoms with Gasteiger partial charge >= 0.3 is 0 Å². The van der Waals surface area contributed by atoms with Gasteiger partial charge in [-0.25, -0.2) is 0 Å². The molecule has 130 valence electrons. The molecule has 1 aromatic carbocycles. The number of benzene rings is 1. The fraction of sp³-hybridized carbons (Fsp3) is 0.611. The summed E-state index contributed by atoms with van der Waals surface area (Å²) in [5.74, 6) is 0.177. The minimum atomic E-state index is 0. The molecule has 0 radical (unpaired) electrons. The predicted molar refractivity (Wildman–Crippen MR) is 97.8 cm³/mol. The maximum absolute atomic E-state index is 12.5. The van der Waals surface area contributed by atoms with Crippen LogP contribution in [-0.2, 0) is 11.3 Å². The summed E-state index contributed by atoms with van der Waals surface area (Å²) < 4.78 is 0. The van der Waals surface area contributed by atoms with Crippen molar-refractivity contribution in [1.82, 2.24) is 9.80 Å². The Bertz CT molecular complexity index is 507. The van der Waals surface area contributed by atoms with Crippen LogP contribution in [0.3, 0.4) is 0 Å². The number of hydrogen-bond donors (Lipinski definition) is 1. The zero-order valence-electron chi connectivity index (χ0n) is 14.5. The number of halogens is 1. The fourth-order valence-corrected chi connectivity index (χ4v) is 3.23. The maximum atomic E-state index is 12.5. The molecule has 2 unspecified atom stereocenters. The molecule has 1 aliphatic heterocycles. The highest BCUT2D eigenvalue weighted by molar-refractivity contribution is 5.85. The van der Waals surface area contributed by atoms with Gasteiger partial charge in [-0.05, 0) is 44.4 Å². The van der Waals surface area contributed by atoms with Gasteiger partial charge in [-0.15, -0.1) is 12.4 Å². The number of piperidine rings is 1. The lowest BCUT2D eigenvalue weighted by atomic mass is 9.97. The second kappa shape index (κ2) is 9.26. The van der Waals surface area contributed by atoms with Gasteiger partial charge < -0.3 is 10.6 Å². The first kappa shape index (κ1) is 19.9. The average Bonchev–Trinajstić information content (AvgIpc) is 2.49. The van der Waals surface area contributed by atoms with Crippen LogP contribution in [0.4, 0.5) is 0 Å². The molecule has 0 spiro atoms. The van der Waals surface area contributed by atoms with E-state index in [1.54, 1.807) is 0 Å². The smallest absolute Gasteiger partial charge is 0.236 e. The Morgan fingerprint density at radius 1 is 1.39 bits per heavy atom. The van der Waals surface area contributed by atoms with Crippen molar-refractivity contribution in [3.8, 4) is 0 Å². The van der Waals surface area contributed by atoms with E-state index < -0.39 is 0 Å². The topological polar surface area (TPSA) is 49.6 Å². The van der Waals surface area contributed by atoms with Gasteiger partial charge in [-0.3, -0.25) is 9.69 Å². The molecule has 1 aromatic rings. The van der Waals surface area contributed by atoms with Crippen molar-refractivity contribution in [2.24, 2.45) is 5.73 Å². The molecule has 5 heteroatoms. The van der Waals surface area contributed by atoms with E-state index in [0.29, 0.717) is 19.1 Å². The standard InChI is InChI=1S/C18H29N3O.ClH/c1-14-8-4-5-9-16(14)12-20(3)18(22)13-21-11-7-6-10-17(21)15(2)19;/h4-5,8-9,15,17H,6-7,10-13,19H2,1-3H3;1H. The minimum absolute atomic E-state index is 0. The lowest BCUT2D eigenvalue weighted by molar-refractivity contribution is -0.132. The van der Waals surface area contributed by atoms with Gasteiger partial charge in [-0.2, -0.15) is 0 Å². The van der Waals surface area contributed by atoms with E-state index in [0.717, 1.165) is 19.4 Å². The summed E-state index contributed by atoms with van der Waals surface area (Å²) in [5.41, 5.74) is 8.53. The van der Waals surface area contributed by atoms with E-state index in [9.17, 15) is 4.79 Å². The van der Waals surface area contributed by atoms with E-state index in [-0.39, 0.29) is 24.4 Å². The van der Waals surface area contributed by atoms with Crippen LogP contribution in [0.15, 0.2) is 24.3 Å². The Hall–Kier alpha value is -1.10. The normalized spacial score (nSPS) is 19.7. The predicted octanol–water partition coefficient (Wildman–Crippen LogP) is 2.58. The average molecular weight is 340 g/mol. The van der Waals surface area contributed by atoms with Crippen molar-refractivity contribution < 1.29 is 4.79 Å². The number of likely N-dealkylation sites (N-methyl/N-ethyl adjacent to an activating group) is 1. The highest BCUT2D eigenvalue weighted by atomic mass is 35.5. The highest BCUT2D eigenvalue weighted by Gasteiger charge is 2.27. The maximum Gasteiger partial charge on any atom is 0.236 e. The first-order valence-corrected chi connectivity index (χ1v) is 8.27. The third-order valence-electron chi connectivity index (χ3n) is 4.70. The monoisotopic (exact) mass is 339 g/mol. The van der Waals surface area contributed by atoms with Crippen molar-refractivity contribution >= 4 is 18.3 Å². The molecule has 0 aliphatic carbocycles. The van der Waals surface area contributed by atoms with Gasteiger partial charge in [0.1, 0.15) is 0 Å². The fourth-order valence-electron chi connectivity index (χ4n) is 3.23. The minimum Gasteiger partial charge on any atom is -0.340 e. The van der Waals surface area contributed by atoms with Crippen LogP contribution in [0.25, 0.3) is 0 Å². The number of nitrogens with zero attached hydrogens (tertiary/aromatic N) is 2. The third-order valence-corrected chi connectivity index (χ3v) is 4.70. The van der Waals surface area contributed by atoms with Crippen LogP contribution in [-0.4, -0.2) is 47.9 Å². The summed E-state index contributed by atoms with van der Waals surface area (Å²) in [5, 5.41) is 0. The second-order valence-corrected chi connectivity index (χ2v) is 6.57. The lowest BCUT2D eigenvalue weighted by Crippen LogP contribution is -2.52. The van der Waals surface area contributed by atoms with Crippen LogP contribution in [0, 0.1) is 6.92 Å². The molecule has 1 amide bonds. The largest absolute Gasteiger partial charge is 0.340 e. The van der Waals surface area contributed by atoms with E-state index in [2.05, 4.69) is 24.0 Å². The Kier molecular flexibility index (Phi) is 8.03. The molecule has 2 atom stereocenters. The SMILES string of the molecule is Cc1ccccc1CN(C)C(=O)CN1CCCCC1C(C)N.Cl. The van der Waals surface area contributed by atoms with Crippen LogP contribution in [0.5, 0.6) is 0 Å². The zero-order valence-corrected chi connectivity index (χ0v) is 15.3. The molecular weight excluding hydrogens is 310 g/mol. The molecule has 1 fully saturated rings. The van der Waals surface area contributed by atoms with Gasteiger partial charge in [0.2, 0.25) is 5.91 Å². The first-order valence-electron chi connectivity index (χ1n) is 8.27. The molecule has 23 heavy (non-hydrogen) atoms. The molecule has 1 saturated heterocycles. The Balaban J connectivity index is 0.00000264. The molecule has 1 aliphatic rings. The van der Waals surface area contributed by atoms with Crippen molar-refractivity contribution in [1.29, 1.82) is 0 Å². The van der Waals surface area contributed by atoms with Gasteiger partial charge in [0.25, 0.3) is 0 Å². The summed E-state index contributed by atoms with van der Waals surface area (Å²) in [6.45, 7) is 6.27. The molecular formula is C18H30ClN3O. The molecule has 0 aromatic heterocycles. The Morgan fingerprint density at radius 2 is 2.09 bits per heavy atom. The summed E-state index contributed by atoms with van der Waals surface area (Å²) in [7, 11) is 1.89. The van der Waals surface area contributed by atoms with Crippen LogP contribution in [0.2, 0.25) is 0 Å². The number of carbonyl (C=O) groups excluding carboxylic acids is 1. The van der Waals surface area contributed by atoms with Crippen LogP contribution >= 0.6 is 12.4 Å². The molecule has 1 heterocycles. The van der Waals surface area contributed by atoms with Crippen molar-refractivity contribution in [2.75, 3.05) is 20.1 Å². The zero-order chi connectivity index (χ0) is 16.1. The highest BCUT2D eigenvalue weighted by Crippen LogP contribution is 2.19. The number of rotatable bonds is 5. The van der Waals surface area contributed by atoms with Crippen molar-refractivity contribution in [3.05, 3.63) is 35.4 Å². The first-order chi connectivity index (χ1) is 10.5. The van der Waals surface area contributed by atoms with Crippen LogP contribution in [0.1, 0.15) is 37.3 Å². The van der Waals surface area contributed by atoms with Gasteiger partial charge in [0.15, 0.2) is 0 Å². The number of nitrogens with two attached hydrogens (primary N) is 1. The van der Waals surface area contributed by atoms with Crippen molar-refractivity contribution in [3.63, 3.8) is 0 Å². The number of carbonyl (C=O) groups is 1. The van der Waals surface area contributed by atoms with Crippen LogP contribution < -0.4 is 5.73 Å².